The Morgan fingerprint density at radius 3 is 2.21 bits per heavy atom. The van der Waals surface area contributed by atoms with Gasteiger partial charge in [-0.25, -0.2) is 4.39 Å². The minimum absolute atomic E-state index is 0.0892. The number of carbonyl (C=O) groups excluding carboxylic acids is 1. The molecule has 19 heavy (non-hydrogen) atoms. The van der Waals surface area contributed by atoms with Crippen molar-refractivity contribution in [2.24, 2.45) is 0 Å². The molecule has 2 aromatic carbocycles. The summed E-state index contributed by atoms with van der Waals surface area (Å²) in [6.07, 6.45) is 0. The van der Waals surface area contributed by atoms with Crippen molar-refractivity contribution in [1.29, 1.82) is 0 Å². The first-order valence-corrected chi connectivity index (χ1v) is 5.79. The number of hydrogen-bond donors (Lipinski definition) is 1. The van der Waals surface area contributed by atoms with Gasteiger partial charge in [0.2, 0.25) is 0 Å². The summed E-state index contributed by atoms with van der Waals surface area (Å²) in [5, 5.41) is 9.37. The van der Waals surface area contributed by atoms with Crippen molar-refractivity contribution in [3.63, 3.8) is 0 Å². The third kappa shape index (κ3) is 2.91. The van der Waals surface area contributed by atoms with Gasteiger partial charge in [0.1, 0.15) is 11.6 Å². The normalized spacial score (nSPS) is 10.3. The van der Waals surface area contributed by atoms with Crippen molar-refractivity contribution in [2.75, 3.05) is 14.1 Å². The highest BCUT2D eigenvalue weighted by Crippen LogP contribution is 2.25. The molecule has 3 nitrogen and oxygen atoms in total. The van der Waals surface area contributed by atoms with Crippen LogP contribution in [0, 0.1) is 5.82 Å². The quantitative estimate of drug-likeness (QED) is 0.900. The topological polar surface area (TPSA) is 40.5 Å². The first-order chi connectivity index (χ1) is 8.97. The number of nitrogens with zero attached hydrogens (tertiary/aromatic N) is 1. The molecule has 2 rings (SSSR count). The van der Waals surface area contributed by atoms with E-state index in [2.05, 4.69) is 0 Å². The van der Waals surface area contributed by atoms with Crippen LogP contribution in [0.3, 0.4) is 0 Å². The van der Waals surface area contributed by atoms with E-state index in [-0.39, 0.29) is 11.7 Å². The summed E-state index contributed by atoms with van der Waals surface area (Å²) in [7, 11) is 3.36. The molecule has 0 unspecified atom stereocenters. The third-order valence-corrected chi connectivity index (χ3v) is 2.75. The fourth-order valence-corrected chi connectivity index (χ4v) is 1.80. The maximum atomic E-state index is 13.2. The van der Waals surface area contributed by atoms with Crippen molar-refractivity contribution < 1.29 is 14.3 Å². The average Bonchev–Trinajstić information content (AvgIpc) is 2.37. The minimum atomic E-state index is -0.497. The van der Waals surface area contributed by atoms with Crippen LogP contribution in [-0.2, 0) is 0 Å². The molecule has 1 amide bonds. The SMILES string of the molecule is CN(C)C(=O)c1ccc(-c2cc(O)cc(F)c2)cc1. The van der Waals surface area contributed by atoms with Gasteiger partial charge in [0.05, 0.1) is 0 Å². The molecule has 1 N–H and O–H groups in total. The Bertz CT molecular complexity index is 586. The second-order valence-electron chi connectivity index (χ2n) is 4.48. The predicted molar refractivity (Wildman–Crippen MR) is 71.5 cm³/mol. The molecule has 0 heterocycles. The van der Waals surface area contributed by atoms with Crippen molar-refractivity contribution >= 4 is 5.91 Å². The molecule has 0 bridgehead atoms. The first-order valence-electron chi connectivity index (χ1n) is 5.79. The van der Waals surface area contributed by atoms with Gasteiger partial charge in [0, 0.05) is 25.7 Å². The fraction of sp³-hybridized carbons (Fsp3) is 0.133. The molecule has 0 atom stereocenters. The standard InChI is InChI=1S/C15H14FNO2/c1-17(2)15(19)11-5-3-10(4-6-11)12-7-13(16)9-14(18)8-12/h3-9,18H,1-2H3. The smallest absolute Gasteiger partial charge is 0.253 e. The van der Waals surface area contributed by atoms with Crippen LogP contribution in [0.4, 0.5) is 4.39 Å². The molecule has 2 aromatic rings. The van der Waals surface area contributed by atoms with Gasteiger partial charge in [0.25, 0.3) is 5.91 Å². The Kier molecular flexibility index (Phi) is 3.51. The van der Waals surface area contributed by atoms with Crippen LogP contribution in [-0.4, -0.2) is 30.0 Å². The predicted octanol–water partition coefficient (Wildman–Crippen LogP) is 2.90. The van der Waals surface area contributed by atoms with Gasteiger partial charge in [0.15, 0.2) is 0 Å². The molecule has 0 aromatic heterocycles. The zero-order chi connectivity index (χ0) is 14.0. The summed E-state index contributed by atoms with van der Waals surface area (Å²) in [4.78, 5) is 13.2. The van der Waals surface area contributed by atoms with E-state index < -0.39 is 5.82 Å². The Morgan fingerprint density at radius 1 is 1.05 bits per heavy atom. The molecule has 0 spiro atoms. The third-order valence-electron chi connectivity index (χ3n) is 2.75. The highest BCUT2D eigenvalue weighted by molar-refractivity contribution is 5.94. The van der Waals surface area contributed by atoms with Crippen molar-refractivity contribution in [2.45, 2.75) is 0 Å². The number of phenols is 1. The monoisotopic (exact) mass is 259 g/mol. The summed E-state index contributed by atoms with van der Waals surface area (Å²) in [6, 6.07) is 10.7. The van der Waals surface area contributed by atoms with E-state index in [1.807, 2.05) is 0 Å². The Hall–Kier alpha value is -2.36. The van der Waals surface area contributed by atoms with Crippen LogP contribution in [0.25, 0.3) is 11.1 Å². The molecule has 0 aliphatic heterocycles. The van der Waals surface area contributed by atoms with E-state index in [0.29, 0.717) is 11.1 Å². The molecule has 98 valence electrons. The maximum Gasteiger partial charge on any atom is 0.253 e. The molecule has 0 radical (unpaired) electrons. The molecule has 0 saturated heterocycles. The molecule has 0 fully saturated rings. The zero-order valence-corrected chi connectivity index (χ0v) is 10.7. The van der Waals surface area contributed by atoms with E-state index in [0.717, 1.165) is 11.6 Å². The van der Waals surface area contributed by atoms with E-state index in [4.69, 9.17) is 0 Å². The summed E-state index contributed by atoms with van der Waals surface area (Å²) in [5.74, 6) is -0.708. The summed E-state index contributed by atoms with van der Waals surface area (Å²) >= 11 is 0. The van der Waals surface area contributed by atoms with E-state index in [1.165, 1.54) is 17.0 Å². The van der Waals surface area contributed by atoms with Crippen molar-refractivity contribution in [3.8, 4) is 16.9 Å². The van der Waals surface area contributed by atoms with Gasteiger partial charge in [-0.3, -0.25) is 4.79 Å². The second kappa shape index (κ2) is 5.10. The summed E-state index contributed by atoms with van der Waals surface area (Å²) in [5.41, 5.74) is 1.88. The van der Waals surface area contributed by atoms with Gasteiger partial charge in [-0.2, -0.15) is 0 Å². The van der Waals surface area contributed by atoms with Crippen LogP contribution < -0.4 is 0 Å². The highest BCUT2D eigenvalue weighted by Gasteiger charge is 2.08. The lowest BCUT2D eigenvalue weighted by Crippen LogP contribution is -2.21. The molecule has 0 aliphatic carbocycles. The van der Waals surface area contributed by atoms with Crippen LogP contribution in [0.5, 0.6) is 5.75 Å². The number of phenolic OH excluding ortho intramolecular Hbond substituents is 1. The minimum Gasteiger partial charge on any atom is -0.508 e. The van der Waals surface area contributed by atoms with Crippen LogP contribution in [0.2, 0.25) is 0 Å². The zero-order valence-electron chi connectivity index (χ0n) is 10.7. The van der Waals surface area contributed by atoms with Gasteiger partial charge in [-0.1, -0.05) is 12.1 Å². The maximum absolute atomic E-state index is 13.2. The van der Waals surface area contributed by atoms with E-state index >= 15 is 0 Å². The Balaban J connectivity index is 2.35. The van der Waals surface area contributed by atoms with Crippen LogP contribution in [0.15, 0.2) is 42.5 Å². The van der Waals surface area contributed by atoms with Crippen molar-refractivity contribution in [3.05, 3.63) is 53.8 Å². The molecule has 0 aliphatic rings. The number of amides is 1. The van der Waals surface area contributed by atoms with Gasteiger partial charge < -0.3 is 10.0 Å². The average molecular weight is 259 g/mol. The molecule has 4 heteroatoms. The molecular weight excluding hydrogens is 245 g/mol. The Labute approximate surface area is 110 Å². The fourth-order valence-electron chi connectivity index (χ4n) is 1.80. The highest BCUT2D eigenvalue weighted by atomic mass is 19.1. The van der Waals surface area contributed by atoms with Gasteiger partial charge in [-0.15, -0.1) is 0 Å². The van der Waals surface area contributed by atoms with Gasteiger partial charge in [-0.05, 0) is 35.4 Å². The number of aromatic hydroxyl groups is 1. The van der Waals surface area contributed by atoms with E-state index in [1.54, 1.807) is 38.4 Å². The number of carbonyl (C=O) groups is 1. The van der Waals surface area contributed by atoms with E-state index in [9.17, 15) is 14.3 Å². The first kappa shape index (κ1) is 13.1. The lowest BCUT2D eigenvalue weighted by atomic mass is 10.0. The molecular formula is C15H14FNO2. The van der Waals surface area contributed by atoms with Gasteiger partial charge >= 0.3 is 0 Å². The Morgan fingerprint density at radius 2 is 1.68 bits per heavy atom. The lowest BCUT2D eigenvalue weighted by molar-refractivity contribution is 0.0827. The number of rotatable bonds is 2. The second-order valence-corrected chi connectivity index (χ2v) is 4.48. The lowest BCUT2D eigenvalue weighted by Gasteiger charge is -2.10. The molecule has 0 saturated carbocycles. The largest absolute Gasteiger partial charge is 0.508 e. The summed E-state index contributed by atoms with van der Waals surface area (Å²) < 4.78 is 13.2. The van der Waals surface area contributed by atoms with Crippen LogP contribution >= 0.6 is 0 Å². The van der Waals surface area contributed by atoms with Crippen molar-refractivity contribution in [1.82, 2.24) is 4.90 Å². The summed E-state index contributed by atoms with van der Waals surface area (Å²) in [6.45, 7) is 0. The van der Waals surface area contributed by atoms with Crippen LogP contribution in [0.1, 0.15) is 10.4 Å². The number of benzene rings is 2. The number of halogens is 1. The number of hydrogen-bond acceptors (Lipinski definition) is 2.